The van der Waals surface area contributed by atoms with Crippen LogP contribution in [0.4, 0.5) is 0 Å². The van der Waals surface area contributed by atoms with Crippen molar-refractivity contribution in [2.75, 3.05) is 0 Å². The minimum Gasteiger partial charge on any atom is -0.0625 e. The van der Waals surface area contributed by atoms with E-state index in [4.69, 9.17) is 0 Å². The highest BCUT2D eigenvalue weighted by Crippen LogP contribution is 2.28. The van der Waals surface area contributed by atoms with Gasteiger partial charge < -0.3 is 0 Å². The second-order valence-corrected chi connectivity index (χ2v) is 5.64. The van der Waals surface area contributed by atoms with Crippen molar-refractivity contribution in [2.24, 2.45) is 17.8 Å². The zero-order valence-corrected chi connectivity index (χ0v) is 10.4. The van der Waals surface area contributed by atoms with Crippen LogP contribution < -0.4 is 0 Å². The maximum absolute atomic E-state index is 2.46. The molecule has 0 aromatic carbocycles. The molecule has 0 aromatic heterocycles. The predicted molar refractivity (Wildman–Crippen MR) is 64.4 cm³/mol. The van der Waals surface area contributed by atoms with Gasteiger partial charge in [0.25, 0.3) is 0 Å². The predicted octanol–water partition coefficient (Wildman–Crippen LogP) is 5.03. The molecule has 0 bridgehead atoms. The number of rotatable bonds is 0. The molecule has 0 amide bonds. The molecule has 0 radical (unpaired) electrons. The average molecular weight is 196 g/mol. The van der Waals surface area contributed by atoms with Crippen molar-refractivity contribution in [3.05, 3.63) is 0 Å². The first-order valence-electron chi connectivity index (χ1n) is 6.70. The Morgan fingerprint density at radius 3 is 1.93 bits per heavy atom. The second-order valence-electron chi connectivity index (χ2n) is 5.64. The van der Waals surface area contributed by atoms with Crippen LogP contribution >= 0.6 is 0 Å². The smallest absolute Gasteiger partial charge is 0.0414 e. The topological polar surface area (TPSA) is 0 Å². The molecule has 0 aliphatic heterocycles. The van der Waals surface area contributed by atoms with Crippen LogP contribution in [0, 0.1) is 17.8 Å². The molecule has 0 heteroatoms. The largest absolute Gasteiger partial charge is 0.0625 e. The molecule has 0 heterocycles. The molecule has 1 aliphatic rings. The summed E-state index contributed by atoms with van der Waals surface area (Å²) in [6.07, 6.45) is 11.8. The third-order valence-corrected chi connectivity index (χ3v) is 4.10. The van der Waals surface area contributed by atoms with E-state index < -0.39 is 0 Å². The minimum absolute atomic E-state index is 0.947. The van der Waals surface area contributed by atoms with Crippen molar-refractivity contribution in [3.8, 4) is 0 Å². The van der Waals surface area contributed by atoms with Crippen molar-refractivity contribution in [3.63, 3.8) is 0 Å². The van der Waals surface area contributed by atoms with E-state index in [1.54, 1.807) is 0 Å². The second kappa shape index (κ2) is 6.48. The lowest BCUT2D eigenvalue weighted by Gasteiger charge is -2.22. The van der Waals surface area contributed by atoms with E-state index in [1.165, 1.54) is 51.4 Å². The Morgan fingerprint density at radius 1 is 0.643 bits per heavy atom. The van der Waals surface area contributed by atoms with Crippen LogP contribution in [0.25, 0.3) is 0 Å². The van der Waals surface area contributed by atoms with Crippen LogP contribution in [0.15, 0.2) is 0 Å². The van der Waals surface area contributed by atoms with Gasteiger partial charge in [0.1, 0.15) is 0 Å². The summed E-state index contributed by atoms with van der Waals surface area (Å²) in [7, 11) is 0. The first kappa shape index (κ1) is 12.1. The van der Waals surface area contributed by atoms with Crippen LogP contribution in [-0.4, -0.2) is 0 Å². The van der Waals surface area contributed by atoms with Gasteiger partial charge in [-0.3, -0.25) is 0 Å². The fraction of sp³-hybridized carbons (Fsp3) is 1.00. The first-order chi connectivity index (χ1) is 6.70. The molecule has 0 nitrogen and oxygen atoms in total. The summed E-state index contributed by atoms with van der Waals surface area (Å²) in [5, 5.41) is 0. The molecule has 0 aromatic rings. The summed E-state index contributed by atoms with van der Waals surface area (Å²) in [6.45, 7) is 7.36. The first-order valence-corrected chi connectivity index (χ1v) is 6.70. The summed E-state index contributed by atoms with van der Waals surface area (Å²) >= 11 is 0. The lowest BCUT2D eigenvalue weighted by molar-refractivity contribution is 0.289. The van der Waals surface area contributed by atoms with E-state index in [1.807, 2.05) is 0 Å². The Hall–Kier alpha value is 0. The van der Waals surface area contributed by atoms with Gasteiger partial charge in [-0.2, -0.15) is 0 Å². The summed E-state index contributed by atoms with van der Waals surface area (Å²) in [5.74, 6) is 2.86. The maximum atomic E-state index is 2.46. The number of hydrogen-bond donors (Lipinski definition) is 0. The summed E-state index contributed by atoms with van der Waals surface area (Å²) in [5.41, 5.74) is 0. The van der Waals surface area contributed by atoms with Crippen LogP contribution in [0.5, 0.6) is 0 Å². The van der Waals surface area contributed by atoms with Crippen molar-refractivity contribution in [1.82, 2.24) is 0 Å². The molecule has 14 heavy (non-hydrogen) atoms. The maximum Gasteiger partial charge on any atom is -0.0414 e. The third kappa shape index (κ3) is 4.48. The zero-order valence-electron chi connectivity index (χ0n) is 10.4. The zero-order chi connectivity index (χ0) is 10.4. The van der Waals surface area contributed by atoms with Crippen molar-refractivity contribution >= 4 is 0 Å². The van der Waals surface area contributed by atoms with Gasteiger partial charge in [0.05, 0.1) is 0 Å². The Kier molecular flexibility index (Phi) is 5.59. The third-order valence-electron chi connectivity index (χ3n) is 4.10. The van der Waals surface area contributed by atoms with Crippen LogP contribution in [0.1, 0.15) is 72.1 Å². The highest BCUT2D eigenvalue weighted by atomic mass is 14.2. The van der Waals surface area contributed by atoms with E-state index in [2.05, 4.69) is 20.8 Å². The monoisotopic (exact) mass is 196 g/mol. The van der Waals surface area contributed by atoms with Crippen molar-refractivity contribution in [1.29, 1.82) is 0 Å². The standard InChI is InChI=1S/C14H28/c1-12-9-7-5-4-6-8-10-13(2)14(3)11-12/h12-14H,4-11H2,1-3H3. The van der Waals surface area contributed by atoms with E-state index in [0.717, 1.165) is 17.8 Å². The van der Waals surface area contributed by atoms with E-state index in [9.17, 15) is 0 Å². The van der Waals surface area contributed by atoms with Gasteiger partial charge in [-0.25, -0.2) is 0 Å². The Bertz CT molecular complexity index is 139. The highest BCUT2D eigenvalue weighted by Gasteiger charge is 2.15. The van der Waals surface area contributed by atoms with Gasteiger partial charge in [0, 0.05) is 0 Å². The van der Waals surface area contributed by atoms with Gasteiger partial charge in [0.2, 0.25) is 0 Å². The quantitative estimate of drug-likeness (QED) is 0.510. The molecular weight excluding hydrogens is 168 g/mol. The molecule has 1 fully saturated rings. The van der Waals surface area contributed by atoms with E-state index in [-0.39, 0.29) is 0 Å². The molecule has 1 aliphatic carbocycles. The van der Waals surface area contributed by atoms with Crippen LogP contribution in [0.2, 0.25) is 0 Å². The molecule has 3 atom stereocenters. The fourth-order valence-corrected chi connectivity index (χ4v) is 2.76. The highest BCUT2D eigenvalue weighted by molar-refractivity contribution is 4.67. The lowest BCUT2D eigenvalue weighted by Crippen LogP contribution is -2.11. The van der Waals surface area contributed by atoms with E-state index >= 15 is 0 Å². The molecule has 0 spiro atoms. The van der Waals surface area contributed by atoms with Gasteiger partial charge in [-0.1, -0.05) is 65.7 Å². The summed E-state index contributed by atoms with van der Waals surface area (Å²) in [4.78, 5) is 0. The van der Waals surface area contributed by atoms with E-state index in [0.29, 0.717) is 0 Å². The molecule has 0 N–H and O–H groups in total. The van der Waals surface area contributed by atoms with Gasteiger partial charge >= 0.3 is 0 Å². The SMILES string of the molecule is CC1CCCCCCCC(C)C(C)C1. The molecule has 0 saturated heterocycles. The molecule has 3 unspecified atom stereocenters. The molecule has 1 rings (SSSR count). The molecule has 1 saturated carbocycles. The fourth-order valence-electron chi connectivity index (χ4n) is 2.76. The van der Waals surface area contributed by atoms with Crippen LogP contribution in [0.3, 0.4) is 0 Å². The average Bonchev–Trinajstić information content (AvgIpc) is 2.17. The summed E-state index contributed by atoms with van der Waals surface area (Å²) in [6, 6.07) is 0. The Balaban J connectivity index is 2.38. The Labute approximate surface area is 90.5 Å². The molecular formula is C14H28. The van der Waals surface area contributed by atoms with Gasteiger partial charge in [-0.05, 0) is 24.2 Å². The Morgan fingerprint density at radius 2 is 1.21 bits per heavy atom. The molecule has 84 valence electrons. The lowest BCUT2D eigenvalue weighted by atomic mass is 9.84. The van der Waals surface area contributed by atoms with Crippen LogP contribution in [-0.2, 0) is 0 Å². The number of hydrogen-bond acceptors (Lipinski definition) is 0. The normalized spacial score (nSPS) is 37.5. The van der Waals surface area contributed by atoms with Gasteiger partial charge in [-0.15, -0.1) is 0 Å². The minimum atomic E-state index is 0.947. The van der Waals surface area contributed by atoms with Crippen molar-refractivity contribution in [2.45, 2.75) is 72.1 Å². The summed E-state index contributed by atoms with van der Waals surface area (Å²) < 4.78 is 0. The van der Waals surface area contributed by atoms with Crippen molar-refractivity contribution < 1.29 is 0 Å². The van der Waals surface area contributed by atoms with Gasteiger partial charge in [0.15, 0.2) is 0 Å².